The molecule has 3 N–H and O–H groups in total. The topological polar surface area (TPSA) is 47.3 Å². The Balaban J connectivity index is 2.63. The van der Waals surface area contributed by atoms with E-state index in [0.29, 0.717) is 12.6 Å². The third kappa shape index (κ3) is 2.92. The largest absolute Gasteiger partial charge is 0.398 e. The van der Waals surface area contributed by atoms with Gasteiger partial charge >= 0.3 is 0 Å². The Hall–Kier alpha value is -1.22. The van der Waals surface area contributed by atoms with E-state index in [1.165, 1.54) is 0 Å². The molecule has 0 fully saturated rings. The van der Waals surface area contributed by atoms with E-state index in [0.717, 1.165) is 16.9 Å². The SMILES string of the molecule is COCC(C)Nc1ccc(C)c(N)c1. The summed E-state index contributed by atoms with van der Waals surface area (Å²) in [4.78, 5) is 0. The van der Waals surface area contributed by atoms with Gasteiger partial charge < -0.3 is 15.8 Å². The Kier molecular flexibility index (Phi) is 3.77. The molecule has 0 amide bonds. The molecule has 14 heavy (non-hydrogen) atoms. The molecule has 1 aromatic carbocycles. The molecule has 0 heterocycles. The number of methoxy groups -OCH3 is 1. The number of rotatable bonds is 4. The molecule has 0 aliphatic heterocycles. The first-order valence-electron chi connectivity index (χ1n) is 4.75. The van der Waals surface area contributed by atoms with Gasteiger partial charge in [0, 0.05) is 24.5 Å². The zero-order valence-corrected chi connectivity index (χ0v) is 9.00. The van der Waals surface area contributed by atoms with Crippen LogP contribution in [0.3, 0.4) is 0 Å². The number of benzene rings is 1. The fraction of sp³-hybridized carbons (Fsp3) is 0.455. The van der Waals surface area contributed by atoms with E-state index in [-0.39, 0.29) is 0 Å². The molecule has 0 spiro atoms. The van der Waals surface area contributed by atoms with E-state index >= 15 is 0 Å². The first-order valence-corrected chi connectivity index (χ1v) is 4.75. The second kappa shape index (κ2) is 4.86. The molecule has 78 valence electrons. The highest BCUT2D eigenvalue weighted by Crippen LogP contribution is 2.17. The van der Waals surface area contributed by atoms with Crippen molar-refractivity contribution in [1.82, 2.24) is 0 Å². The molecule has 1 rings (SSSR count). The molecule has 0 saturated carbocycles. The maximum atomic E-state index is 5.80. The van der Waals surface area contributed by atoms with Gasteiger partial charge in [-0.2, -0.15) is 0 Å². The number of ether oxygens (including phenoxy) is 1. The minimum absolute atomic E-state index is 0.294. The third-order valence-corrected chi connectivity index (χ3v) is 2.11. The zero-order valence-electron chi connectivity index (χ0n) is 9.00. The van der Waals surface area contributed by atoms with E-state index in [1.54, 1.807) is 7.11 Å². The van der Waals surface area contributed by atoms with E-state index in [1.807, 2.05) is 25.1 Å². The molecule has 0 saturated heterocycles. The van der Waals surface area contributed by atoms with E-state index < -0.39 is 0 Å². The summed E-state index contributed by atoms with van der Waals surface area (Å²) in [5.74, 6) is 0. The fourth-order valence-corrected chi connectivity index (χ4v) is 1.31. The molecule has 0 aliphatic rings. The predicted octanol–water partition coefficient (Wildman–Crippen LogP) is 2.02. The van der Waals surface area contributed by atoms with Crippen LogP contribution >= 0.6 is 0 Å². The summed E-state index contributed by atoms with van der Waals surface area (Å²) in [7, 11) is 1.70. The normalized spacial score (nSPS) is 12.5. The van der Waals surface area contributed by atoms with Gasteiger partial charge in [-0.05, 0) is 31.5 Å². The minimum Gasteiger partial charge on any atom is -0.398 e. The van der Waals surface area contributed by atoms with E-state index in [4.69, 9.17) is 10.5 Å². The number of hydrogen-bond donors (Lipinski definition) is 2. The average molecular weight is 194 g/mol. The summed E-state index contributed by atoms with van der Waals surface area (Å²) in [6.07, 6.45) is 0. The van der Waals surface area contributed by atoms with Crippen LogP contribution in [-0.4, -0.2) is 19.8 Å². The van der Waals surface area contributed by atoms with Crippen molar-refractivity contribution >= 4 is 11.4 Å². The van der Waals surface area contributed by atoms with Crippen LogP contribution in [0.2, 0.25) is 0 Å². The Bertz CT molecular complexity index is 299. The summed E-state index contributed by atoms with van der Waals surface area (Å²) in [6, 6.07) is 6.28. The van der Waals surface area contributed by atoms with Crippen molar-refractivity contribution in [2.75, 3.05) is 24.8 Å². The molecule has 0 radical (unpaired) electrons. The lowest BCUT2D eigenvalue weighted by Gasteiger charge is -2.14. The molecule has 0 bridgehead atoms. The number of nitrogen functional groups attached to an aromatic ring is 1. The number of hydrogen-bond acceptors (Lipinski definition) is 3. The van der Waals surface area contributed by atoms with Gasteiger partial charge in [-0.1, -0.05) is 6.07 Å². The monoisotopic (exact) mass is 194 g/mol. The standard InChI is InChI=1S/C11H18N2O/c1-8-4-5-10(6-11(8)12)13-9(2)7-14-3/h4-6,9,13H,7,12H2,1-3H3. The molecule has 1 atom stereocenters. The number of aryl methyl sites for hydroxylation is 1. The molecule has 1 unspecified atom stereocenters. The Morgan fingerprint density at radius 2 is 2.21 bits per heavy atom. The molecular weight excluding hydrogens is 176 g/mol. The molecule has 0 aromatic heterocycles. The highest BCUT2D eigenvalue weighted by atomic mass is 16.5. The van der Waals surface area contributed by atoms with Crippen molar-refractivity contribution in [3.8, 4) is 0 Å². The van der Waals surface area contributed by atoms with Crippen molar-refractivity contribution in [1.29, 1.82) is 0 Å². The molecule has 3 heteroatoms. The van der Waals surface area contributed by atoms with Gasteiger partial charge in [0.2, 0.25) is 0 Å². The van der Waals surface area contributed by atoms with Crippen LogP contribution in [0.1, 0.15) is 12.5 Å². The van der Waals surface area contributed by atoms with Gasteiger partial charge in [0.1, 0.15) is 0 Å². The second-order valence-electron chi connectivity index (χ2n) is 3.57. The maximum absolute atomic E-state index is 5.80. The van der Waals surface area contributed by atoms with Crippen molar-refractivity contribution in [3.05, 3.63) is 23.8 Å². The highest BCUT2D eigenvalue weighted by molar-refractivity contribution is 5.58. The number of nitrogens with one attached hydrogen (secondary N) is 1. The predicted molar refractivity (Wildman–Crippen MR) is 60.6 cm³/mol. The molecule has 1 aromatic rings. The molecular formula is C11H18N2O. The average Bonchev–Trinajstić information content (AvgIpc) is 2.12. The van der Waals surface area contributed by atoms with Gasteiger partial charge in [0.25, 0.3) is 0 Å². The zero-order chi connectivity index (χ0) is 10.6. The van der Waals surface area contributed by atoms with Crippen molar-refractivity contribution in [3.63, 3.8) is 0 Å². The van der Waals surface area contributed by atoms with Gasteiger partial charge in [-0.3, -0.25) is 0 Å². The van der Waals surface area contributed by atoms with Gasteiger partial charge in [0.15, 0.2) is 0 Å². The second-order valence-corrected chi connectivity index (χ2v) is 3.57. The quantitative estimate of drug-likeness (QED) is 0.721. The Labute approximate surface area is 85.3 Å². The Morgan fingerprint density at radius 1 is 1.50 bits per heavy atom. The van der Waals surface area contributed by atoms with Crippen LogP contribution in [0.15, 0.2) is 18.2 Å². The first-order chi connectivity index (χ1) is 6.63. The lowest BCUT2D eigenvalue weighted by molar-refractivity contribution is 0.190. The highest BCUT2D eigenvalue weighted by Gasteiger charge is 2.01. The lowest BCUT2D eigenvalue weighted by atomic mass is 10.2. The van der Waals surface area contributed by atoms with Gasteiger partial charge in [0.05, 0.1) is 6.61 Å². The third-order valence-electron chi connectivity index (χ3n) is 2.11. The first kappa shape index (κ1) is 10.9. The Morgan fingerprint density at radius 3 is 2.79 bits per heavy atom. The summed E-state index contributed by atoms with van der Waals surface area (Å²) >= 11 is 0. The summed E-state index contributed by atoms with van der Waals surface area (Å²) in [6.45, 7) is 4.75. The minimum atomic E-state index is 0.294. The smallest absolute Gasteiger partial charge is 0.0661 e. The van der Waals surface area contributed by atoms with Crippen LogP contribution in [0.4, 0.5) is 11.4 Å². The van der Waals surface area contributed by atoms with Gasteiger partial charge in [-0.25, -0.2) is 0 Å². The molecule has 3 nitrogen and oxygen atoms in total. The van der Waals surface area contributed by atoms with Crippen molar-refractivity contribution < 1.29 is 4.74 Å². The fourth-order valence-electron chi connectivity index (χ4n) is 1.31. The van der Waals surface area contributed by atoms with E-state index in [2.05, 4.69) is 12.2 Å². The van der Waals surface area contributed by atoms with Crippen LogP contribution in [-0.2, 0) is 4.74 Å². The van der Waals surface area contributed by atoms with Crippen LogP contribution in [0.5, 0.6) is 0 Å². The summed E-state index contributed by atoms with van der Waals surface area (Å²) in [5.41, 5.74) is 8.76. The number of anilines is 2. The maximum Gasteiger partial charge on any atom is 0.0661 e. The van der Waals surface area contributed by atoms with E-state index in [9.17, 15) is 0 Å². The summed E-state index contributed by atoms with van der Waals surface area (Å²) in [5, 5.41) is 3.31. The molecule has 0 aliphatic carbocycles. The van der Waals surface area contributed by atoms with Gasteiger partial charge in [-0.15, -0.1) is 0 Å². The number of nitrogens with two attached hydrogens (primary N) is 1. The van der Waals surface area contributed by atoms with Crippen LogP contribution in [0, 0.1) is 6.92 Å². The summed E-state index contributed by atoms with van der Waals surface area (Å²) < 4.78 is 5.04. The van der Waals surface area contributed by atoms with Crippen molar-refractivity contribution in [2.45, 2.75) is 19.9 Å². The lowest BCUT2D eigenvalue weighted by Crippen LogP contribution is -2.20. The van der Waals surface area contributed by atoms with Crippen LogP contribution < -0.4 is 11.1 Å². The van der Waals surface area contributed by atoms with Crippen molar-refractivity contribution in [2.24, 2.45) is 0 Å². The van der Waals surface area contributed by atoms with Crippen LogP contribution in [0.25, 0.3) is 0 Å².